The Morgan fingerprint density at radius 3 is 2.73 bits per heavy atom. The summed E-state index contributed by atoms with van der Waals surface area (Å²) >= 11 is 6.07. The SMILES string of the molecule is Cn1ccc(-c2ccc(CN)c(Cl)c2)n1. The van der Waals surface area contributed by atoms with E-state index in [1.54, 1.807) is 4.68 Å². The smallest absolute Gasteiger partial charge is 0.0923 e. The van der Waals surface area contributed by atoms with Crippen LogP contribution in [0.2, 0.25) is 5.02 Å². The van der Waals surface area contributed by atoms with Crippen molar-refractivity contribution in [2.75, 3.05) is 0 Å². The summed E-state index contributed by atoms with van der Waals surface area (Å²) in [5, 5.41) is 5.00. The molecule has 0 unspecified atom stereocenters. The Hall–Kier alpha value is -1.32. The maximum absolute atomic E-state index is 6.07. The molecule has 2 N–H and O–H groups in total. The zero-order valence-electron chi connectivity index (χ0n) is 8.44. The molecule has 78 valence electrons. The van der Waals surface area contributed by atoms with Crippen molar-refractivity contribution >= 4 is 11.6 Å². The van der Waals surface area contributed by atoms with E-state index in [4.69, 9.17) is 17.3 Å². The highest BCUT2D eigenvalue weighted by molar-refractivity contribution is 6.31. The molecule has 0 bridgehead atoms. The average molecular weight is 222 g/mol. The minimum atomic E-state index is 0.460. The molecule has 3 nitrogen and oxygen atoms in total. The lowest BCUT2D eigenvalue weighted by molar-refractivity contribution is 0.771. The number of halogens is 1. The van der Waals surface area contributed by atoms with Gasteiger partial charge in [0, 0.05) is 30.4 Å². The minimum Gasteiger partial charge on any atom is -0.326 e. The Balaban J connectivity index is 2.42. The molecule has 1 aromatic heterocycles. The average Bonchev–Trinajstić information content (AvgIpc) is 2.65. The quantitative estimate of drug-likeness (QED) is 0.845. The van der Waals surface area contributed by atoms with Crippen molar-refractivity contribution in [3.8, 4) is 11.3 Å². The largest absolute Gasteiger partial charge is 0.326 e. The summed E-state index contributed by atoms with van der Waals surface area (Å²) in [6.45, 7) is 0.460. The molecule has 1 heterocycles. The molecule has 0 aliphatic rings. The second-order valence-corrected chi connectivity index (χ2v) is 3.79. The van der Waals surface area contributed by atoms with Gasteiger partial charge in [-0.05, 0) is 17.7 Å². The molecule has 2 rings (SSSR count). The van der Waals surface area contributed by atoms with Crippen molar-refractivity contribution in [1.82, 2.24) is 9.78 Å². The summed E-state index contributed by atoms with van der Waals surface area (Å²) in [7, 11) is 1.89. The molecule has 0 aliphatic carbocycles. The third kappa shape index (κ3) is 2.03. The molecule has 0 aliphatic heterocycles. The number of nitrogens with two attached hydrogens (primary N) is 1. The molecule has 0 spiro atoms. The molecule has 0 atom stereocenters. The van der Waals surface area contributed by atoms with Gasteiger partial charge in [0.05, 0.1) is 5.69 Å². The van der Waals surface area contributed by atoms with Crippen molar-refractivity contribution in [3.63, 3.8) is 0 Å². The first-order valence-corrected chi connectivity index (χ1v) is 5.07. The Bertz CT molecular complexity index is 476. The molecule has 1 aromatic carbocycles. The van der Waals surface area contributed by atoms with Crippen LogP contribution in [-0.2, 0) is 13.6 Å². The summed E-state index contributed by atoms with van der Waals surface area (Å²) in [5.74, 6) is 0. The van der Waals surface area contributed by atoms with Crippen LogP contribution in [0.4, 0.5) is 0 Å². The predicted octanol–water partition coefficient (Wildman–Crippen LogP) is 2.20. The maximum Gasteiger partial charge on any atom is 0.0923 e. The monoisotopic (exact) mass is 221 g/mol. The molecule has 15 heavy (non-hydrogen) atoms. The first kappa shape index (κ1) is 10.2. The van der Waals surface area contributed by atoms with Crippen LogP contribution in [0.3, 0.4) is 0 Å². The maximum atomic E-state index is 6.07. The molecule has 0 fully saturated rings. The summed E-state index contributed by atoms with van der Waals surface area (Å²) in [4.78, 5) is 0. The standard InChI is InChI=1S/C11H12ClN3/c1-15-5-4-11(14-15)8-2-3-9(7-13)10(12)6-8/h2-6H,7,13H2,1H3. The van der Waals surface area contributed by atoms with Crippen molar-refractivity contribution < 1.29 is 0 Å². The van der Waals surface area contributed by atoms with Gasteiger partial charge in [-0.2, -0.15) is 5.10 Å². The van der Waals surface area contributed by atoms with Gasteiger partial charge >= 0.3 is 0 Å². The molecule has 0 radical (unpaired) electrons. The van der Waals surface area contributed by atoms with Crippen LogP contribution in [0, 0.1) is 0 Å². The van der Waals surface area contributed by atoms with Gasteiger partial charge in [-0.25, -0.2) is 0 Å². The fourth-order valence-corrected chi connectivity index (χ4v) is 1.70. The second-order valence-electron chi connectivity index (χ2n) is 3.38. The van der Waals surface area contributed by atoms with Crippen molar-refractivity contribution in [2.24, 2.45) is 12.8 Å². The van der Waals surface area contributed by atoms with E-state index in [0.29, 0.717) is 11.6 Å². The zero-order chi connectivity index (χ0) is 10.8. The fraction of sp³-hybridized carbons (Fsp3) is 0.182. The van der Waals surface area contributed by atoms with E-state index >= 15 is 0 Å². The molecule has 0 saturated heterocycles. The van der Waals surface area contributed by atoms with Crippen LogP contribution in [-0.4, -0.2) is 9.78 Å². The number of benzene rings is 1. The van der Waals surface area contributed by atoms with E-state index in [2.05, 4.69) is 5.10 Å². The van der Waals surface area contributed by atoms with Crippen LogP contribution in [0.25, 0.3) is 11.3 Å². The van der Waals surface area contributed by atoms with Crippen molar-refractivity contribution in [1.29, 1.82) is 0 Å². The third-order valence-electron chi connectivity index (χ3n) is 2.28. The van der Waals surface area contributed by atoms with Gasteiger partial charge in [0.15, 0.2) is 0 Å². The normalized spacial score (nSPS) is 10.6. The number of nitrogens with zero attached hydrogens (tertiary/aromatic N) is 2. The zero-order valence-corrected chi connectivity index (χ0v) is 9.20. The van der Waals surface area contributed by atoms with Gasteiger partial charge in [0.2, 0.25) is 0 Å². The molecule has 2 aromatic rings. The number of hydrogen-bond donors (Lipinski definition) is 1. The summed E-state index contributed by atoms with van der Waals surface area (Å²) in [6.07, 6.45) is 1.90. The van der Waals surface area contributed by atoms with Gasteiger partial charge < -0.3 is 5.73 Å². The number of aromatic nitrogens is 2. The van der Waals surface area contributed by atoms with Gasteiger partial charge in [-0.15, -0.1) is 0 Å². The molecular weight excluding hydrogens is 210 g/mol. The van der Waals surface area contributed by atoms with Gasteiger partial charge in [0.25, 0.3) is 0 Å². The highest BCUT2D eigenvalue weighted by Crippen LogP contribution is 2.24. The van der Waals surface area contributed by atoms with Gasteiger partial charge in [-0.1, -0.05) is 23.7 Å². The Labute approximate surface area is 93.5 Å². The second kappa shape index (κ2) is 4.04. The lowest BCUT2D eigenvalue weighted by Crippen LogP contribution is -1.97. The van der Waals surface area contributed by atoms with E-state index in [9.17, 15) is 0 Å². The van der Waals surface area contributed by atoms with E-state index < -0.39 is 0 Å². The lowest BCUT2D eigenvalue weighted by atomic mass is 10.1. The van der Waals surface area contributed by atoms with E-state index in [-0.39, 0.29) is 0 Å². The van der Waals surface area contributed by atoms with Crippen molar-refractivity contribution in [3.05, 3.63) is 41.0 Å². The van der Waals surface area contributed by atoms with Gasteiger partial charge in [0.1, 0.15) is 0 Å². The number of aryl methyl sites for hydroxylation is 1. The Morgan fingerprint density at radius 2 is 2.20 bits per heavy atom. The molecular formula is C11H12ClN3. The summed E-state index contributed by atoms with van der Waals surface area (Å²) in [6, 6.07) is 7.77. The minimum absolute atomic E-state index is 0.460. The topological polar surface area (TPSA) is 43.8 Å². The van der Waals surface area contributed by atoms with Crippen molar-refractivity contribution in [2.45, 2.75) is 6.54 Å². The highest BCUT2D eigenvalue weighted by atomic mass is 35.5. The number of hydrogen-bond acceptors (Lipinski definition) is 2. The summed E-state index contributed by atoms with van der Waals surface area (Å²) < 4.78 is 1.76. The predicted molar refractivity (Wildman–Crippen MR) is 61.5 cm³/mol. The van der Waals surface area contributed by atoms with Crippen LogP contribution < -0.4 is 5.73 Å². The van der Waals surface area contributed by atoms with E-state index in [1.165, 1.54) is 0 Å². The van der Waals surface area contributed by atoms with Crippen LogP contribution in [0.15, 0.2) is 30.5 Å². The molecule has 0 amide bonds. The Morgan fingerprint density at radius 1 is 1.40 bits per heavy atom. The summed E-state index contributed by atoms with van der Waals surface area (Å²) in [5.41, 5.74) is 8.43. The Kier molecular flexibility index (Phi) is 2.75. The van der Waals surface area contributed by atoms with Crippen LogP contribution in [0.5, 0.6) is 0 Å². The van der Waals surface area contributed by atoms with Crippen LogP contribution in [0.1, 0.15) is 5.56 Å². The third-order valence-corrected chi connectivity index (χ3v) is 2.63. The fourth-order valence-electron chi connectivity index (χ4n) is 1.44. The van der Waals surface area contributed by atoms with Gasteiger partial charge in [-0.3, -0.25) is 4.68 Å². The first-order chi connectivity index (χ1) is 7.20. The van der Waals surface area contributed by atoms with Crippen LogP contribution >= 0.6 is 11.6 Å². The first-order valence-electron chi connectivity index (χ1n) is 4.69. The highest BCUT2D eigenvalue weighted by Gasteiger charge is 2.04. The lowest BCUT2D eigenvalue weighted by Gasteiger charge is -2.02. The molecule has 4 heteroatoms. The van der Waals surface area contributed by atoms with E-state index in [1.807, 2.05) is 37.5 Å². The van der Waals surface area contributed by atoms with E-state index in [0.717, 1.165) is 16.8 Å². The number of rotatable bonds is 2. The molecule has 0 saturated carbocycles.